The van der Waals surface area contributed by atoms with E-state index in [-0.39, 0.29) is 23.9 Å². The molecule has 1 saturated carbocycles. The first-order valence-electron chi connectivity index (χ1n) is 12.4. The third-order valence-electron chi connectivity index (χ3n) is 7.61. The standard InChI is InChI=1S/C27H28FN5O4/c1-14-8-19-11-20(5-7-31(19)24(14)26(35)30-18-9-17(28)10-18)37-23-4-6-29-33-12-21(15(2)25(23)33)27(36)32-13-22(34)16(32)3/h4-8,11-12,16-18,22,34H,9-10,13H2,1-3H3,(H,30,35)/t16-,17?,18?,22-/m1/s1. The second kappa shape index (κ2) is 8.58. The van der Waals surface area contributed by atoms with Gasteiger partial charge in [-0.2, -0.15) is 5.10 Å². The second-order valence-corrected chi connectivity index (χ2v) is 10.1. The van der Waals surface area contributed by atoms with Gasteiger partial charge in [0.2, 0.25) is 0 Å². The molecule has 5 heterocycles. The molecule has 0 radical (unpaired) electrons. The van der Waals surface area contributed by atoms with E-state index in [1.54, 1.807) is 44.5 Å². The third-order valence-corrected chi connectivity index (χ3v) is 7.61. The van der Waals surface area contributed by atoms with E-state index in [1.807, 2.05) is 32.9 Å². The van der Waals surface area contributed by atoms with Crippen LogP contribution in [0.5, 0.6) is 11.5 Å². The zero-order valence-corrected chi connectivity index (χ0v) is 20.8. The number of nitrogens with zero attached hydrogens (tertiary/aromatic N) is 4. The van der Waals surface area contributed by atoms with E-state index in [2.05, 4.69) is 10.4 Å². The lowest BCUT2D eigenvalue weighted by Crippen LogP contribution is -2.60. The predicted octanol–water partition coefficient (Wildman–Crippen LogP) is 3.43. The van der Waals surface area contributed by atoms with E-state index in [9.17, 15) is 19.1 Å². The van der Waals surface area contributed by atoms with Crippen molar-refractivity contribution in [1.29, 1.82) is 0 Å². The average Bonchev–Trinajstić information content (AvgIpc) is 3.37. The summed E-state index contributed by atoms with van der Waals surface area (Å²) in [7, 11) is 0. The van der Waals surface area contributed by atoms with Crippen LogP contribution in [-0.2, 0) is 0 Å². The van der Waals surface area contributed by atoms with Gasteiger partial charge in [-0.25, -0.2) is 8.91 Å². The van der Waals surface area contributed by atoms with E-state index in [1.165, 1.54) is 0 Å². The van der Waals surface area contributed by atoms with Crippen LogP contribution in [0.1, 0.15) is 51.7 Å². The molecule has 2 amide bonds. The molecular weight excluding hydrogens is 477 g/mol. The number of hydrogen-bond donors (Lipinski definition) is 2. The predicted molar refractivity (Wildman–Crippen MR) is 134 cm³/mol. The molecule has 0 spiro atoms. The van der Waals surface area contributed by atoms with Crippen molar-refractivity contribution in [3.63, 3.8) is 0 Å². The summed E-state index contributed by atoms with van der Waals surface area (Å²) >= 11 is 0. The lowest BCUT2D eigenvalue weighted by Gasteiger charge is -2.43. The van der Waals surface area contributed by atoms with Crippen molar-refractivity contribution < 1.29 is 23.8 Å². The summed E-state index contributed by atoms with van der Waals surface area (Å²) in [5.74, 6) is 0.743. The molecule has 2 atom stereocenters. The molecule has 6 rings (SSSR count). The molecule has 1 aliphatic carbocycles. The van der Waals surface area contributed by atoms with Crippen molar-refractivity contribution >= 4 is 22.8 Å². The number of likely N-dealkylation sites (tertiary alicyclic amines) is 1. The number of amides is 2. The summed E-state index contributed by atoms with van der Waals surface area (Å²) in [5, 5.41) is 17.1. The van der Waals surface area contributed by atoms with Gasteiger partial charge >= 0.3 is 0 Å². The van der Waals surface area contributed by atoms with Gasteiger partial charge in [-0.15, -0.1) is 0 Å². The zero-order valence-electron chi connectivity index (χ0n) is 20.8. The Labute approximate surface area is 212 Å². The Kier molecular flexibility index (Phi) is 5.45. The Bertz CT molecular complexity index is 1550. The summed E-state index contributed by atoms with van der Waals surface area (Å²) in [5.41, 5.74) is 4.06. The van der Waals surface area contributed by atoms with Crippen molar-refractivity contribution in [3.8, 4) is 11.5 Å². The number of β-amino-alcohol motifs (C(OH)–C–C–N with tert-alkyl or cyclic N) is 1. The largest absolute Gasteiger partial charge is 0.455 e. The highest BCUT2D eigenvalue weighted by Crippen LogP contribution is 2.33. The molecule has 10 heteroatoms. The number of carbonyl (C=O) groups is 2. The van der Waals surface area contributed by atoms with Gasteiger partial charge in [0.1, 0.15) is 23.1 Å². The number of ether oxygens (including phenoxy) is 1. The van der Waals surface area contributed by atoms with Crippen LogP contribution in [0.2, 0.25) is 0 Å². The Hall–Kier alpha value is -3.92. The monoisotopic (exact) mass is 505 g/mol. The van der Waals surface area contributed by atoms with Gasteiger partial charge in [-0.1, -0.05) is 0 Å². The Morgan fingerprint density at radius 3 is 2.70 bits per heavy atom. The topological polar surface area (TPSA) is 101 Å². The molecular formula is C27H28FN5O4. The van der Waals surface area contributed by atoms with Gasteiger partial charge in [0.15, 0.2) is 5.75 Å². The molecule has 1 saturated heterocycles. The van der Waals surface area contributed by atoms with Crippen LogP contribution in [0.25, 0.3) is 11.0 Å². The van der Waals surface area contributed by atoms with Crippen molar-refractivity contribution in [2.24, 2.45) is 0 Å². The number of fused-ring (bicyclic) bond motifs is 2. The van der Waals surface area contributed by atoms with Crippen LogP contribution in [0.4, 0.5) is 4.39 Å². The number of halogens is 1. The van der Waals surface area contributed by atoms with E-state index < -0.39 is 12.3 Å². The molecule has 1 aliphatic heterocycles. The Morgan fingerprint density at radius 2 is 2.00 bits per heavy atom. The van der Waals surface area contributed by atoms with Crippen molar-refractivity contribution in [2.75, 3.05) is 6.54 Å². The van der Waals surface area contributed by atoms with Crippen LogP contribution < -0.4 is 10.1 Å². The smallest absolute Gasteiger partial charge is 0.268 e. The molecule has 4 aromatic rings. The summed E-state index contributed by atoms with van der Waals surface area (Å²) in [6, 6.07) is 6.92. The fraction of sp³-hybridized carbons (Fsp3) is 0.370. The molecule has 4 aromatic heterocycles. The molecule has 2 fully saturated rings. The highest BCUT2D eigenvalue weighted by molar-refractivity contribution is 5.99. The maximum absolute atomic E-state index is 13.2. The first-order chi connectivity index (χ1) is 17.7. The highest BCUT2D eigenvalue weighted by atomic mass is 19.1. The van der Waals surface area contributed by atoms with Crippen LogP contribution in [0.15, 0.2) is 42.9 Å². The zero-order chi connectivity index (χ0) is 26.0. The minimum Gasteiger partial charge on any atom is -0.455 e. The molecule has 37 heavy (non-hydrogen) atoms. The van der Waals surface area contributed by atoms with E-state index in [4.69, 9.17) is 4.74 Å². The van der Waals surface area contributed by atoms with Gasteiger partial charge in [-0.3, -0.25) is 9.59 Å². The first kappa shape index (κ1) is 23.5. The maximum Gasteiger partial charge on any atom is 0.268 e. The number of carbonyl (C=O) groups excluding carboxylic acids is 2. The number of hydrogen-bond acceptors (Lipinski definition) is 5. The molecule has 2 aliphatic rings. The number of rotatable bonds is 5. The Morgan fingerprint density at radius 1 is 1.22 bits per heavy atom. The van der Waals surface area contributed by atoms with Crippen LogP contribution in [0, 0.1) is 13.8 Å². The fourth-order valence-corrected chi connectivity index (χ4v) is 5.23. The number of aliphatic hydroxyl groups is 1. The van der Waals surface area contributed by atoms with Crippen LogP contribution >= 0.6 is 0 Å². The van der Waals surface area contributed by atoms with E-state index in [0.29, 0.717) is 47.7 Å². The number of aliphatic hydroxyl groups excluding tert-OH is 1. The van der Waals surface area contributed by atoms with Gasteiger partial charge in [0.05, 0.1) is 23.9 Å². The number of pyridine rings is 1. The maximum atomic E-state index is 13.2. The average molecular weight is 506 g/mol. The van der Waals surface area contributed by atoms with Gasteiger partial charge in [0, 0.05) is 42.6 Å². The first-order valence-corrected chi connectivity index (χ1v) is 12.4. The molecule has 0 unspecified atom stereocenters. The number of aryl methyl sites for hydroxylation is 2. The number of alkyl halides is 1. The molecule has 192 valence electrons. The normalized spacial score (nSPS) is 23.1. The van der Waals surface area contributed by atoms with Crippen molar-refractivity contribution in [1.82, 2.24) is 24.2 Å². The van der Waals surface area contributed by atoms with Gasteiger partial charge in [0.25, 0.3) is 11.8 Å². The minimum absolute atomic E-state index is 0.124. The summed E-state index contributed by atoms with van der Waals surface area (Å²) in [6.07, 6.45) is 4.46. The minimum atomic E-state index is -0.833. The molecule has 2 N–H and O–H groups in total. The Balaban J connectivity index is 1.28. The second-order valence-electron chi connectivity index (χ2n) is 10.1. The van der Waals surface area contributed by atoms with E-state index >= 15 is 0 Å². The number of aromatic nitrogens is 3. The van der Waals surface area contributed by atoms with Crippen LogP contribution in [0.3, 0.4) is 0 Å². The SMILES string of the molecule is Cc1cc2cc(Oc3ccnn4cc(C(=O)N5C[C@@H](O)[C@H]5C)c(C)c34)ccn2c1C(=O)NC1CC(F)C1. The van der Waals surface area contributed by atoms with Crippen molar-refractivity contribution in [3.05, 3.63) is 65.2 Å². The molecule has 9 nitrogen and oxygen atoms in total. The van der Waals surface area contributed by atoms with Gasteiger partial charge < -0.3 is 24.5 Å². The fourth-order valence-electron chi connectivity index (χ4n) is 5.23. The lowest BCUT2D eigenvalue weighted by molar-refractivity contribution is -0.0357. The summed E-state index contributed by atoms with van der Waals surface area (Å²) in [6.45, 7) is 5.87. The lowest BCUT2D eigenvalue weighted by atomic mass is 9.90. The molecule has 0 aromatic carbocycles. The quantitative estimate of drug-likeness (QED) is 0.433. The summed E-state index contributed by atoms with van der Waals surface area (Å²) < 4.78 is 22.8. The number of nitrogens with one attached hydrogen (secondary N) is 1. The van der Waals surface area contributed by atoms with Crippen molar-refractivity contribution in [2.45, 2.75) is 58.0 Å². The van der Waals surface area contributed by atoms with Gasteiger partial charge in [-0.05, 0) is 56.9 Å². The summed E-state index contributed by atoms with van der Waals surface area (Å²) in [4.78, 5) is 27.5. The van der Waals surface area contributed by atoms with E-state index in [0.717, 1.165) is 16.6 Å². The van der Waals surface area contributed by atoms with Crippen LogP contribution in [-0.4, -0.2) is 66.7 Å². The third kappa shape index (κ3) is 3.83. The molecule has 0 bridgehead atoms. The highest BCUT2D eigenvalue weighted by Gasteiger charge is 2.38.